The SMILES string of the molecule is CCOc1cc(C=C2C(=O)NC(=S)NC2=O)cc(I)c1OCC(=O)Nc1cccc(C)c1. The highest BCUT2D eigenvalue weighted by Crippen LogP contribution is 2.35. The van der Waals surface area contributed by atoms with Crippen LogP contribution in [0.4, 0.5) is 5.69 Å². The maximum Gasteiger partial charge on any atom is 0.263 e. The Kier molecular flexibility index (Phi) is 7.80. The lowest BCUT2D eigenvalue weighted by atomic mass is 10.1. The molecule has 0 aromatic heterocycles. The summed E-state index contributed by atoms with van der Waals surface area (Å²) in [7, 11) is 0. The van der Waals surface area contributed by atoms with Gasteiger partial charge in [-0.3, -0.25) is 25.0 Å². The van der Waals surface area contributed by atoms with Crippen LogP contribution in [-0.2, 0) is 14.4 Å². The Balaban J connectivity index is 1.79. The number of halogens is 1. The Morgan fingerprint density at radius 3 is 2.53 bits per heavy atom. The molecule has 1 heterocycles. The van der Waals surface area contributed by atoms with Crippen molar-refractivity contribution in [3.8, 4) is 11.5 Å². The van der Waals surface area contributed by atoms with Crippen LogP contribution in [0.25, 0.3) is 6.08 Å². The molecular formula is C22H20IN3O5S. The number of carbonyl (C=O) groups excluding carboxylic acids is 3. The molecule has 0 radical (unpaired) electrons. The third-order valence-corrected chi connectivity index (χ3v) is 5.24. The minimum atomic E-state index is -0.583. The fraction of sp³-hybridized carbons (Fsp3) is 0.182. The average Bonchev–Trinajstić information content (AvgIpc) is 2.70. The summed E-state index contributed by atoms with van der Waals surface area (Å²) in [6, 6.07) is 10.8. The summed E-state index contributed by atoms with van der Waals surface area (Å²) in [6.45, 7) is 3.90. The van der Waals surface area contributed by atoms with E-state index in [9.17, 15) is 14.4 Å². The smallest absolute Gasteiger partial charge is 0.263 e. The van der Waals surface area contributed by atoms with E-state index in [4.69, 9.17) is 21.7 Å². The third kappa shape index (κ3) is 6.04. The van der Waals surface area contributed by atoms with Crippen LogP contribution < -0.4 is 25.4 Å². The van der Waals surface area contributed by atoms with Crippen molar-refractivity contribution in [1.82, 2.24) is 10.6 Å². The molecule has 0 atom stereocenters. The minimum absolute atomic E-state index is 0.0329. The van der Waals surface area contributed by atoms with E-state index in [0.717, 1.165) is 5.56 Å². The van der Waals surface area contributed by atoms with E-state index < -0.39 is 11.8 Å². The number of ether oxygens (including phenoxy) is 2. The number of rotatable bonds is 7. The summed E-state index contributed by atoms with van der Waals surface area (Å²) < 4.78 is 12.1. The van der Waals surface area contributed by atoms with E-state index in [1.807, 2.05) is 54.6 Å². The fourth-order valence-electron chi connectivity index (χ4n) is 2.90. The van der Waals surface area contributed by atoms with E-state index >= 15 is 0 Å². The van der Waals surface area contributed by atoms with Crippen LogP contribution in [0.15, 0.2) is 42.0 Å². The van der Waals surface area contributed by atoms with Crippen molar-refractivity contribution in [2.75, 3.05) is 18.5 Å². The van der Waals surface area contributed by atoms with Crippen LogP contribution in [-0.4, -0.2) is 36.0 Å². The Labute approximate surface area is 203 Å². The zero-order chi connectivity index (χ0) is 23.3. The molecule has 3 amide bonds. The van der Waals surface area contributed by atoms with Crippen LogP contribution in [0.5, 0.6) is 11.5 Å². The van der Waals surface area contributed by atoms with Gasteiger partial charge in [-0.15, -0.1) is 0 Å². The zero-order valence-electron chi connectivity index (χ0n) is 17.3. The van der Waals surface area contributed by atoms with Gasteiger partial charge in [-0.1, -0.05) is 12.1 Å². The second-order valence-electron chi connectivity index (χ2n) is 6.76. The first kappa shape index (κ1) is 23.7. The quantitative estimate of drug-likeness (QED) is 0.207. The largest absolute Gasteiger partial charge is 0.490 e. The Morgan fingerprint density at radius 2 is 1.88 bits per heavy atom. The van der Waals surface area contributed by atoms with Gasteiger partial charge in [-0.2, -0.15) is 0 Å². The second-order valence-corrected chi connectivity index (χ2v) is 8.34. The van der Waals surface area contributed by atoms with Crippen LogP contribution in [0, 0.1) is 10.5 Å². The monoisotopic (exact) mass is 565 g/mol. The molecule has 1 saturated heterocycles. The van der Waals surface area contributed by atoms with Crippen molar-refractivity contribution < 1.29 is 23.9 Å². The summed E-state index contributed by atoms with van der Waals surface area (Å²) in [4.78, 5) is 36.5. The lowest BCUT2D eigenvalue weighted by Crippen LogP contribution is -2.51. The molecule has 32 heavy (non-hydrogen) atoms. The number of anilines is 1. The van der Waals surface area contributed by atoms with Gasteiger partial charge in [0.05, 0.1) is 10.2 Å². The molecule has 1 aliphatic heterocycles. The molecule has 8 nitrogen and oxygen atoms in total. The van der Waals surface area contributed by atoms with E-state index in [1.54, 1.807) is 18.2 Å². The molecule has 0 saturated carbocycles. The van der Waals surface area contributed by atoms with Crippen molar-refractivity contribution in [3.63, 3.8) is 0 Å². The molecule has 3 rings (SSSR count). The molecule has 1 fully saturated rings. The first-order valence-corrected chi connectivity index (χ1v) is 11.1. The predicted molar refractivity (Wildman–Crippen MR) is 132 cm³/mol. The number of hydrogen-bond donors (Lipinski definition) is 3. The van der Waals surface area contributed by atoms with E-state index in [0.29, 0.717) is 32.9 Å². The first-order valence-electron chi connectivity index (χ1n) is 9.61. The molecule has 2 aromatic rings. The van der Waals surface area contributed by atoms with Crippen LogP contribution in [0.1, 0.15) is 18.1 Å². The maximum atomic E-state index is 12.3. The number of nitrogens with one attached hydrogen (secondary N) is 3. The lowest BCUT2D eigenvalue weighted by molar-refractivity contribution is -0.123. The molecule has 0 aliphatic carbocycles. The normalized spacial score (nSPS) is 13.2. The highest BCUT2D eigenvalue weighted by Gasteiger charge is 2.26. The lowest BCUT2D eigenvalue weighted by Gasteiger charge is -2.17. The summed E-state index contributed by atoms with van der Waals surface area (Å²) in [5, 5.41) is 7.54. The van der Waals surface area contributed by atoms with E-state index in [2.05, 4.69) is 16.0 Å². The molecule has 10 heteroatoms. The van der Waals surface area contributed by atoms with Crippen LogP contribution in [0.2, 0.25) is 0 Å². The van der Waals surface area contributed by atoms with Crippen molar-refractivity contribution >= 4 is 69.4 Å². The molecular weight excluding hydrogens is 545 g/mol. The second kappa shape index (κ2) is 10.6. The Hall–Kier alpha value is -2.99. The van der Waals surface area contributed by atoms with Gasteiger partial charge in [0.1, 0.15) is 5.57 Å². The number of hydrogen-bond acceptors (Lipinski definition) is 6. The van der Waals surface area contributed by atoms with Gasteiger partial charge < -0.3 is 14.8 Å². The number of carbonyl (C=O) groups is 3. The number of benzene rings is 2. The van der Waals surface area contributed by atoms with Crippen molar-refractivity contribution in [2.24, 2.45) is 0 Å². The highest BCUT2D eigenvalue weighted by atomic mass is 127. The predicted octanol–water partition coefficient (Wildman–Crippen LogP) is 2.93. The topological polar surface area (TPSA) is 106 Å². The molecule has 2 aromatic carbocycles. The van der Waals surface area contributed by atoms with Gasteiger partial charge >= 0.3 is 0 Å². The van der Waals surface area contributed by atoms with Crippen LogP contribution in [0.3, 0.4) is 0 Å². The van der Waals surface area contributed by atoms with Gasteiger partial charge in [-0.05, 0) is 90.1 Å². The van der Waals surface area contributed by atoms with Gasteiger partial charge in [0.25, 0.3) is 17.7 Å². The molecule has 0 spiro atoms. The minimum Gasteiger partial charge on any atom is -0.490 e. The first-order chi connectivity index (χ1) is 15.3. The van der Waals surface area contributed by atoms with Gasteiger partial charge in [-0.25, -0.2) is 0 Å². The Bertz CT molecular complexity index is 1110. The Morgan fingerprint density at radius 1 is 1.16 bits per heavy atom. The number of thiocarbonyl (C=S) groups is 1. The average molecular weight is 565 g/mol. The highest BCUT2D eigenvalue weighted by molar-refractivity contribution is 14.1. The van der Waals surface area contributed by atoms with Gasteiger partial charge in [0, 0.05) is 5.69 Å². The van der Waals surface area contributed by atoms with Crippen molar-refractivity contribution in [3.05, 3.63) is 56.7 Å². The fourth-order valence-corrected chi connectivity index (χ4v) is 3.87. The van der Waals surface area contributed by atoms with Crippen molar-refractivity contribution in [2.45, 2.75) is 13.8 Å². The summed E-state index contributed by atoms with van der Waals surface area (Å²) in [6.07, 6.45) is 1.44. The molecule has 0 bridgehead atoms. The van der Waals surface area contributed by atoms with E-state index in [-0.39, 0.29) is 23.2 Å². The summed E-state index contributed by atoms with van der Waals surface area (Å²) in [5.41, 5.74) is 2.19. The van der Waals surface area contributed by atoms with Crippen molar-refractivity contribution in [1.29, 1.82) is 0 Å². The molecule has 1 aliphatic rings. The van der Waals surface area contributed by atoms with E-state index in [1.165, 1.54) is 6.08 Å². The molecule has 0 unspecified atom stereocenters. The molecule has 3 N–H and O–H groups in total. The molecule has 166 valence electrons. The zero-order valence-corrected chi connectivity index (χ0v) is 20.3. The maximum absolute atomic E-state index is 12.3. The summed E-state index contributed by atoms with van der Waals surface area (Å²) >= 11 is 6.85. The van der Waals surface area contributed by atoms with Gasteiger partial charge in [0.2, 0.25) is 0 Å². The van der Waals surface area contributed by atoms with Gasteiger partial charge in [0.15, 0.2) is 23.2 Å². The summed E-state index contributed by atoms with van der Waals surface area (Å²) in [5.74, 6) is -0.694. The third-order valence-electron chi connectivity index (χ3n) is 4.24. The number of aryl methyl sites for hydroxylation is 1. The number of amides is 3. The van der Waals surface area contributed by atoms with Crippen LogP contribution >= 0.6 is 34.8 Å². The standard InChI is InChI=1S/C22H20IN3O5S/c1-3-30-17-10-13(8-15-20(28)25-22(32)26-21(15)29)9-16(23)19(17)31-11-18(27)24-14-6-4-5-12(2)7-14/h4-10H,3,11H2,1-2H3,(H,24,27)(H2,25,26,28,29,32).